The van der Waals surface area contributed by atoms with Crippen LogP contribution in [0.15, 0.2) is 28.1 Å². The van der Waals surface area contributed by atoms with E-state index in [9.17, 15) is 9.59 Å². The van der Waals surface area contributed by atoms with Crippen molar-refractivity contribution in [2.45, 2.75) is 26.9 Å². The summed E-state index contributed by atoms with van der Waals surface area (Å²) in [5.41, 5.74) is 0.571. The second-order valence-electron chi connectivity index (χ2n) is 5.39. The fourth-order valence-electron chi connectivity index (χ4n) is 2.34. The predicted octanol–water partition coefficient (Wildman–Crippen LogP) is 2.86. The number of carboxylic acid groups (broad SMARTS) is 1. The van der Waals surface area contributed by atoms with Crippen molar-refractivity contribution in [1.29, 1.82) is 0 Å². The highest BCUT2D eigenvalue weighted by Gasteiger charge is 2.32. The number of carbonyl (C=O) groups excluding carboxylic acids is 1. The van der Waals surface area contributed by atoms with Crippen molar-refractivity contribution in [3.63, 3.8) is 0 Å². The molecule has 26 heavy (non-hydrogen) atoms. The first-order valence-electron chi connectivity index (χ1n) is 8.25. The highest BCUT2D eigenvalue weighted by molar-refractivity contribution is 8.18. The number of aliphatic imine (C=N–C) groups is 1. The van der Waals surface area contributed by atoms with E-state index in [0.717, 1.165) is 0 Å². The van der Waals surface area contributed by atoms with Crippen LogP contribution in [0.3, 0.4) is 0 Å². The van der Waals surface area contributed by atoms with Crippen LogP contribution >= 0.6 is 11.8 Å². The molecule has 1 aliphatic heterocycles. The third-order valence-electron chi connectivity index (χ3n) is 3.66. The van der Waals surface area contributed by atoms with Gasteiger partial charge in [0.2, 0.25) is 0 Å². The van der Waals surface area contributed by atoms with E-state index in [1.165, 1.54) is 25.8 Å². The first-order valence-corrected chi connectivity index (χ1v) is 9.06. The number of likely N-dealkylation sites (N-methyl/N-ethyl adjacent to an activating group) is 1. The Balaban J connectivity index is 2.45. The van der Waals surface area contributed by atoms with Crippen molar-refractivity contribution in [1.82, 2.24) is 4.90 Å². The van der Waals surface area contributed by atoms with Crippen molar-refractivity contribution in [3.8, 4) is 11.5 Å². The average Bonchev–Trinajstić information content (AvgIpc) is 2.91. The average molecular weight is 378 g/mol. The Morgan fingerprint density at radius 3 is 2.73 bits per heavy atom. The maximum Gasteiger partial charge on any atom is 0.344 e. The highest BCUT2D eigenvalue weighted by atomic mass is 32.2. The van der Waals surface area contributed by atoms with Crippen LogP contribution in [0.25, 0.3) is 6.08 Å². The molecule has 0 unspecified atom stereocenters. The maximum absolute atomic E-state index is 12.6. The van der Waals surface area contributed by atoms with Gasteiger partial charge < -0.3 is 14.6 Å². The molecule has 2 rings (SSSR count). The molecule has 1 aromatic carbocycles. The lowest BCUT2D eigenvalue weighted by Crippen LogP contribution is -2.28. The fourth-order valence-corrected chi connectivity index (χ4v) is 3.44. The Labute approximate surface area is 156 Å². The number of hydrogen-bond donors (Lipinski definition) is 1. The van der Waals surface area contributed by atoms with E-state index in [4.69, 9.17) is 14.6 Å². The lowest BCUT2D eigenvalue weighted by atomic mass is 10.1. The number of hydrogen-bond acceptors (Lipinski definition) is 6. The molecule has 0 bridgehead atoms. The second-order valence-corrected chi connectivity index (χ2v) is 6.40. The zero-order chi connectivity index (χ0) is 19.3. The van der Waals surface area contributed by atoms with Gasteiger partial charge in [0.1, 0.15) is 0 Å². The van der Waals surface area contributed by atoms with Gasteiger partial charge in [0, 0.05) is 18.7 Å². The smallest absolute Gasteiger partial charge is 0.344 e. The summed E-state index contributed by atoms with van der Waals surface area (Å²) in [6.07, 6.45) is 0.625. The topological polar surface area (TPSA) is 88.4 Å². The van der Waals surface area contributed by atoms with Gasteiger partial charge in [-0.15, -0.1) is 0 Å². The largest absolute Gasteiger partial charge is 0.493 e. The molecule has 1 saturated heterocycles. The number of ether oxygens (including phenoxy) is 2. The molecular formula is C18H22N2O5S. The SMILES string of the molecule is CCN=C1S/C(=C\c2cccc(OC)c2O[C@@H](C)C(=O)O)C(=O)N1CC. The number of nitrogens with zero attached hydrogens (tertiary/aromatic N) is 2. The number of amides is 1. The van der Waals surface area contributed by atoms with Crippen molar-refractivity contribution in [2.75, 3.05) is 20.2 Å². The minimum absolute atomic E-state index is 0.134. The molecule has 1 heterocycles. The number of carboxylic acids is 1. The Morgan fingerprint density at radius 1 is 1.42 bits per heavy atom. The van der Waals surface area contributed by atoms with Crippen LogP contribution < -0.4 is 9.47 Å². The molecule has 0 saturated carbocycles. The molecule has 0 aromatic heterocycles. The number of methoxy groups -OCH3 is 1. The van der Waals surface area contributed by atoms with E-state index in [0.29, 0.717) is 34.5 Å². The number of carbonyl (C=O) groups is 2. The molecule has 1 N–H and O–H groups in total. The standard InChI is InChI=1S/C18H22N2O5S/c1-5-19-18-20(6-2)16(21)14(26-18)10-12-8-7-9-13(24-4)15(12)25-11(3)17(22)23/h7-11H,5-6H2,1-4H3,(H,22,23)/b14-10-,19-18?/t11-/m0/s1. The summed E-state index contributed by atoms with van der Waals surface area (Å²) in [4.78, 5) is 30.2. The lowest BCUT2D eigenvalue weighted by Gasteiger charge is -2.16. The molecular weight excluding hydrogens is 356 g/mol. The minimum atomic E-state index is -1.09. The normalized spacial score (nSPS) is 18.5. The van der Waals surface area contributed by atoms with Crippen molar-refractivity contribution < 1.29 is 24.2 Å². The van der Waals surface area contributed by atoms with Gasteiger partial charge in [-0.25, -0.2) is 4.79 Å². The molecule has 1 aliphatic rings. The molecule has 140 valence electrons. The molecule has 8 heteroatoms. The molecule has 7 nitrogen and oxygen atoms in total. The Hall–Kier alpha value is -2.48. The second kappa shape index (κ2) is 8.75. The molecule has 1 amide bonds. The zero-order valence-electron chi connectivity index (χ0n) is 15.2. The summed E-state index contributed by atoms with van der Waals surface area (Å²) in [6, 6.07) is 5.18. The summed E-state index contributed by atoms with van der Waals surface area (Å²) in [5.74, 6) is -0.535. The molecule has 1 atom stereocenters. The van der Waals surface area contributed by atoms with E-state index in [1.807, 2.05) is 13.8 Å². The van der Waals surface area contributed by atoms with Gasteiger partial charge in [-0.2, -0.15) is 0 Å². The van der Waals surface area contributed by atoms with Crippen LogP contribution in [-0.2, 0) is 9.59 Å². The molecule has 0 radical (unpaired) electrons. The van der Waals surface area contributed by atoms with Crippen molar-refractivity contribution >= 4 is 34.9 Å². The number of aliphatic carboxylic acids is 1. The van der Waals surface area contributed by atoms with Crippen LogP contribution in [0.1, 0.15) is 26.3 Å². The van der Waals surface area contributed by atoms with Gasteiger partial charge in [0.25, 0.3) is 5.91 Å². The molecule has 1 aromatic rings. The number of para-hydroxylation sites is 1. The predicted molar refractivity (Wildman–Crippen MR) is 102 cm³/mol. The zero-order valence-corrected chi connectivity index (χ0v) is 16.0. The number of thioether (sulfide) groups is 1. The number of benzene rings is 1. The summed E-state index contributed by atoms with van der Waals surface area (Å²) >= 11 is 1.29. The first kappa shape index (κ1) is 19.8. The van der Waals surface area contributed by atoms with Crippen LogP contribution in [-0.4, -0.2) is 53.4 Å². The van der Waals surface area contributed by atoms with Gasteiger partial charge in [-0.05, 0) is 44.7 Å². The van der Waals surface area contributed by atoms with Gasteiger partial charge in [0.15, 0.2) is 22.8 Å². The Morgan fingerprint density at radius 2 is 2.15 bits per heavy atom. The van der Waals surface area contributed by atoms with Crippen molar-refractivity contribution in [3.05, 3.63) is 28.7 Å². The number of rotatable bonds is 7. The lowest BCUT2D eigenvalue weighted by molar-refractivity contribution is -0.144. The van der Waals surface area contributed by atoms with Crippen LogP contribution in [0, 0.1) is 0 Å². The third kappa shape index (κ3) is 4.19. The minimum Gasteiger partial charge on any atom is -0.493 e. The summed E-state index contributed by atoms with van der Waals surface area (Å²) in [5, 5.41) is 9.79. The third-order valence-corrected chi connectivity index (χ3v) is 4.70. The van der Waals surface area contributed by atoms with E-state index < -0.39 is 12.1 Å². The van der Waals surface area contributed by atoms with E-state index in [2.05, 4.69) is 4.99 Å². The van der Waals surface area contributed by atoms with Crippen molar-refractivity contribution in [2.24, 2.45) is 4.99 Å². The van der Waals surface area contributed by atoms with Gasteiger partial charge in [-0.3, -0.25) is 14.7 Å². The molecule has 0 spiro atoms. The first-order chi connectivity index (χ1) is 12.4. The quantitative estimate of drug-likeness (QED) is 0.734. The fraction of sp³-hybridized carbons (Fsp3) is 0.389. The van der Waals surface area contributed by atoms with Crippen LogP contribution in [0.2, 0.25) is 0 Å². The van der Waals surface area contributed by atoms with E-state index in [1.54, 1.807) is 29.2 Å². The van der Waals surface area contributed by atoms with Crippen LogP contribution in [0.5, 0.6) is 11.5 Å². The maximum atomic E-state index is 12.6. The Bertz CT molecular complexity index is 760. The van der Waals surface area contributed by atoms with Crippen LogP contribution in [0.4, 0.5) is 0 Å². The summed E-state index contributed by atoms with van der Waals surface area (Å²) in [7, 11) is 1.48. The highest BCUT2D eigenvalue weighted by Crippen LogP contribution is 2.37. The Kier molecular flexibility index (Phi) is 6.68. The monoisotopic (exact) mass is 378 g/mol. The van der Waals surface area contributed by atoms with Gasteiger partial charge >= 0.3 is 5.97 Å². The summed E-state index contributed by atoms with van der Waals surface area (Å²) < 4.78 is 10.9. The van der Waals surface area contributed by atoms with Gasteiger partial charge in [0.05, 0.1) is 12.0 Å². The van der Waals surface area contributed by atoms with Gasteiger partial charge in [-0.1, -0.05) is 12.1 Å². The van der Waals surface area contributed by atoms with E-state index >= 15 is 0 Å². The molecule has 1 fully saturated rings. The summed E-state index contributed by atoms with van der Waals surface area (Å²) in [6.45, 7) is 6.35. The molecule has 0 aliphatic carbocycles. The number of amidine groups is 1. The van der Waals surface area contributed by atoms with E-state index in [-0.39, 0.29) is 11.7 Å².